The predicted octanol–water partition coefficient (Wildman–Crippen LogP) is 2.14. The predicted molar refractivity (Wildman–Crippen MR) is 68.9 cm³/mol. The van der Waals surface area contributed by atoms with Crippen LogP contribution in [0.15, 0.2) is 12.3 Å². The van der Waals surface area contributed by atoms with Crippen LogP contribution in [0.5, 0.6) is 0 Å². The molecule has 1 saturated carbocycles. The van der Waals surface area contributed by atoms with Crippen molar-refractivity contribution < 1.29 is 4.92 Å². The summed E-state index contributed by atoms with van der Waals surface area (Å²) in [5, 5.41) is 10.8. The number of nitrogens with zero attached hydrogens (tertiary/aromatic N) is 4. The van der Waals surface area contributed by atoms with Gasteiger partial charge in [-0.1, -0.05) is 0 Å². The number of anilines is 2. The Labute approximate surface area is 105 Å². The molecule has 96 valence electrons. The molecular formula is C12H16N4O2. The van der Waals surface area contributed by atoms with Crippen molar-refractivity contribution in [2.24, 2.45) is 0 Å². The standard InChI is InChI=1S/C12H16N4O2/c1-8(2)14-7-15(9-3-4-9)12-11(14)5-10(6-13-12)16(17)18/h5-6,8-9H,3-4,7H2,1-2H3. The van der Waals surface area contributed by atoms with Gasteiger partial charge in [0.25, 0.3) is 5.69 Å². The van der Waals surface area contributed by atoms with Crippen molar-refractivity contribution in [1.29, 1.82) is 0 Å². The van der Waals surface area contributed by atoms with Crippen molar-refractivity contribution in [3.63, 3.8) is 0 Å². The van der Waals surface area contributed by atoms with Gasteiger partial charge in [0.2, 0.25) is 0 Å². The lowest BCUT2D eigenvalue weighted by Crippen LogP contribution is -2.36. The van der Waals surface area contributed by atoms with Gasteiger partial charge >= 0.3 is 0 Å². The van der Waals surface area contributed by atoms with Crippen molar-refractivity contribution in [3.05, 3.63) is 22.4 Å². The number of hydrogen-bond acceptors (Lipinski definition) is 5. The summed E-state index contributed by atoms with van der Waals surface area (Å²) >= 11 is 0. The fourth-order valence-corrected chi connectivity index (χ4v) is 2.39. The summed E-state index contributed by atoms with van der Waals surface area (Å²) < 4.78 is 0. The Balaban J connectivity index is 2.03. The van der Waals surface area contributed by atoms with Crippen molar-refractivity contribution in [1.82, 2.24) is 4.98 Å². The van der Waals surface area contributed by atoms with Crippen LogP contribution in [0.3, 0.4) is 0 Å². The van der Waals surface area contributed by atoms with E-state index >= 15 is 0 Å². The highest BCUT2D eigenvalue weighted by Gasteiger charge is 2.39. The van der Waals surface area contributed by atoms with Gasteiger partial charge in [0, 0.05) is 18.2 Å². The smallest absolute Gasteiger partial charge is 0.289 e. The third-order valence-electron chi connectivity index (χ3n) is 3.54. The third kappa shape index (κ3) is 1.68. The summed E-state index contributed by atoms with van der Waals surface area (Å²) in [4.78, 5) is 19.2. The van der Waals surface area contributed by atoms with Crippen LogP contribution >= 0.6 is 0 Å². The van der Waals surface area contributed by atoms with E-state index in [-0.39, 0.29) is 10.6 Å². The Morgan fingerprint density at radius 1 is 1.50 bits per heavy atom. The van der Waals surface area contributed by atoms with Crippen LogP contribution in [0.2, 0.25) is 0 Å². The Morgan fingerprint density at radius 2 is 2.22 bits per heavy atom. The van der Waals surface area contributed by atoms with Gasteiger partial charge in [-0.2, -0.15) is 0 Å². The largest absolute Gasteiger partial charge is 0.348 e. The summed E-state index contributed by atoms with van der Waals surface area (Å²) in [6.07, 6.45) is 3.76. The molecule has 18 heavy (non-hydrogen) atoms. The van der Waals surface area contributed by atoms with E-state index in [1.165, 1.54) is 19.0 Å². The van der Waals surface area contributed by atoms with E-state index in [0.717, 1.165) is 18.2 Å². The third-order valence-corrected chi connectivity index (χ3v) is 3.54. The van der Waals surface area contributed by atoms with E-state index in [0.29, 0.717) is 12.1 Å². The summed E-state index contributed by atoms with van der Waals surface area (Å²) in [6, 6.07) is 2.53. The molecule has 1 aliphatic heterocycles. The number of aromatic nitrogens is 1. The topological polar surface area (TPSA) is 62.5 Å². The normalized spacial score (nSPS) is 18.4. The molecule has 1 fully saturated rings. The molecule has 2 aliphatic rings. The van der Waals surface area contributed by atoms with Gasteiger partial charge < -0.3 is 9.80 Å². The molecule has 1 aromatic heterocycles. The van der Waals surface area contributed by atoms with Crippen molar-refractivity contribution in [2.75, 3.05) is 16.5 Å². The lowest BCUT2D eigenvalue weighted by molar-refractivity contribution is -0.385. The van der Waals surface area contributed by atoms with Crippen LogP contribution in [0, 0.1) is 10.1 Å². The first-order valence-electron chi connectivity index (χ1n) is 6.25. The van der Waals surface area contributed by atoms with E-state index in [1.54, 1.807) is 6.07 Å². The fourth-order valence-electron chi connectivity index (χ4n) is 2.39. The van der Waals surface area contributed by atoms with Crippen LogP contribution in [0.25, 0.3) is 0 Å². The minimum Gasteiger partial charge on any atom is -0.348 e. The maximum Gasteiger partial charge on any atom is 0.289 e. The monoisotopic (exact) mass is 248 g/mol. The molecule has 6 nitrogen and oxygen atoms in total. The maximum atomic E-state index is 10.8. The molecular weight excluding hydrogens is 232 g/mol. The van der Waals surface area contributed by atoms with Crippen LogP contribution in [-0.2, 0) is 0 Å². The van der Waals surface area contributed by atoms with Gasteiger partial charge in [-0.25, -0.2) is 4.98 Å². The quantitative estimate of drug-likeness (QED) is 0.605. The number of nitro groups is 1. The molecule has 0 aromatic carbocycles. The Morgan fingerprint density at radius 3 is 2.78 bits per heavy atom. The zero-order valence-corrected chi connectivity index (χ0v) is 10.5. The number of hydrogen-bond donors (Lipinski definition) is 0. The Hall–Kier alpha value is -1.85. The zero-order chi connectivity index (χ0) is 12.9. The van der Waals surface area contributed by atoms with Crippen LogP contribution in [-0.4, -0.2) is 28.7 Å². The molecule has 0 saturated heterocycles. The fraction of sp³-hybridized carbons (Fsp3) is 0.583. The molecule has 0 bridgehead atoms. The van der Waals surface area contributed by atoms with E-state index < -0.39 is 0 Å². The maximum absolute atomic E-state index is 10.8. The lowest BCUT2D eigenvalue weighted by atomic mass is 10.3. The first-order chi connectivity index (χ1) is 8.58. The highest BCUT2D eigenvalue weighted by Crippen LogP contribution is 2.42. The summed E-state index contributed by atoms with van der Waals surface area (Å²) in [5.74, 6) is 0.900. The summed E-state index contributed by atoms with van der Waals surface area (Å²) in [6.45, 7) is 4.99. The number of rotatable bonds is 3. The van der Waals surface area contributed by atoms with Crippen molar-refractivity contribution >= 4 is 17.2 Å². The minimum absolute atomic E-state index is 0.0667. The zero-order valence-electron chi connectivity index (χ0n) is 10.5. The van der Waals surface area contributed by atoms with Crippen LogP contribution in [0.1, 0.15) is 26.7 Å². The molecule has 1 aromatic rings. The van der Waals surface area contributed by atoms with E-state index in [9.17, 15) is 10.1 Å². The molecule has 1 aliphatic carbocycles. The van der Waals surface area contributed by atoms with Gasteiger partial charge in [0.05, 0.1) is 17.3 Å². The number of fused-ring (bicyclic) bond motifs is 1. The molecule has 2 heterocycles. The second-order valence-corrected chi connectivity index (χ2v) is 5.20. The molecule has 0 atom stereocenters. The second kappa shape index (κ2) is 3.83. The molecule has 0 radical (unpaired) electrons. The Bertz CT molecular complexity index is 499. The average Bonchev–Trinajstić information content (AvgIpc) is 3.09. The van der Waals surface area contributed by atoms with Gasteiger partial charge in [0.1, 0.15) is 6.20 Å². The molecule has 0 amide bonds. The highest BCUT2D eigenvalue weighted by molar-refractivity contribution is 5.75. The SMILES string of the molecule is CC(C)N1CN(C2CC2)c2ncc([N+](=O)[O-])cc21. The van der Waals surface area contributed by atoms with Gasteiger partial charge in [-0.15, -0.1) is 0 Å². The first-order valence-corrected chi connectivity index (χ1v) is 6.25. The van der Waals surface area contributed by atoms with Crippen molar-refractivity contribution in [3.8, 4) is 0 Å². The van der Waals surface area contributed by atoms with E-state index in [2.05, 4.69) is 28.6 Å². The molecule has 0 N–H and O–H groups in total. The molecule has 0 spiro atoms. The molecule has 0 unspecified atom stereocenters. The first kappa shape index (κ1) is 11.3. The van der Waals surface area contributed by atoms with Crippen LogP contribution < -0.4 is 9.80 Å². The minimum atomic E-state index is -0.383. The Kier molecular flexibility index (Phi) is 2.39. The summed E-state index contributed by atoms with van der Waals surface area (Å²) in [5.41, 5.74) is 0.961. The second-order valence-electron chi connectivity index (χ2n) is 5.20. The molecule has 6 heteroatoms. The lowest BCUT2D eigenvalue weighted by Gasteiger charge is -2.24. The average molecular weight is 248 g/mol. The van der Waals surface area contributed by atoms with E-state index in [1.807, 2.05) is 0 Å². The van der Waals surface area contributed by atoms with E-state index in [4.69, 9.17) is 0 Å². The summed E-state index contributed by atoms with van der Waals surface area (Å²) in [7, 11) is 0. The van der Waals surface area contributed by atoms with Crippen molar-refractivity contribution in [2.45, 2.75) is 38.8 Å². The van der Waals surface area contributed by atoms with Gasteiger partial charge in [0.15, 0.2) is 5.82 Å². The van der Waals surface area contributed by atoms with Crippen LogP contribution in [0.4, 0.5) is 17.2 Å². The van der Waals surface area contributed by atoms with Gasteiger partial charge in [-0.3, -0.25) is 10.1 Å². The number of pyridine rings is 1. The van der Waals surface area contributed by atoms with Gasteiger partial charge in [-0.05, 0) is 26.7 Å². The molecule has 3 rings (SSSR count). The highest BCUT2D eigenvalue weighted by atomic mass is 16.6.